The second-order valence-corrected chi connectivity index (χ2v) is 6.43. The monoisotopic (exact) mass is 345 g/mol. The van der Waals surface area contributed by atoms with Crippen molar-refractivity contribution < 1.29 is 14.1 Å². The summed E-state index contributed by atoms with van der Waals surface area (Å²) in [5.74, 6) is 2.15. The van der Waals surface area contributed by atoms with Gasteiger partial charge in [-0.25, -0.2) is 9.97 Å². The molecule has 1 atom stereocenters. The highest BCUT2D eigenvalue weighted by atomic mass is 16.5. The van der Waals surface area contributed by atoms with Gasteiger partial charge in [-0.15, -0.1) is 0 Å². The van der Waals surface area contributed by atoms with Gasteiger partial charge in [0.15, 0.2) is 5.82 Å². The van der Waals surface area contributed by atoms with Crippen LogP contribution in [-0.2, 0) is 16.0 Å². The highest BCUT2D eigenvalue weighted by Crippen LogP contribution is 2.21. The molecule has 1 amide bonds. The zero-order valence-corrected chi connectivity index (χ0v) is 14.8. The van der Waals surface area contributed by atoms with E-state index in [4.69, 9.17) is 9.26 Å². The molecule has 3 heterocycles. The Morgan fingerprint density at radius 1 is 1.40 bits per heavy atom. The van der Waals surface area contributed by atoms with Gasteiger partial charge in [0.05, 0.1) is 18.8 Å². The number of ether oxygens (including phenoxy) is 1. The summed E-state index contributed by atoms with van der Waals surface area (Å²) in [7, 11) is 0. The van der Waals surface area contributed by atoms with Crippen molar-refractivity contribution in [3.63, 3.8) is 0 Å². The maximum Gasteiger partial charge on any atom is 0.227 e. The molecular weight excluding hydrogens is 322 g/mol. The lowest BCUT2D eigenvalue weighted by molar-refractivity contribution is -0.139. The molecule has 0 saturated carbocycles. The molecule has 2 aromatic rings. The Morgan fingerprint density at radius 2 is 2.24 bits per heavy atom. The van der Waals surface area contributed by atoms with Crippen LogP contribution in [0.4, 0.5) is 0 Å². The van der Waals surface area contributed by atoms with Crippen molar-refractivity contribution in [3.05, 3.63) is 35.5 Å². The molecule has 8 nitrogen and oxygen atoms in total. The molecule has 0 unspecified atom stereocenters. The fraction of sp³-hybridized carbons (Fsp3) is 0.588. The van der Waals surface area contributed by atoms with Gasteiger partial charge in [0.25, 0.3) is 0 Å². The molecule has 0 radical (unpaired) electrons. The van der Waals surface area contributed by atoms with E-state index in [9.17, 15) is 4.79 Å². The predicted octanol–water partition coefficient (Wildman–Crippen LogP) is 1.82. The largest absolute Gasteiger partial charge is 0.368 e. The van der Waals surface area contributed by atoms with E-state index in [1.54, 1.807) is 6.20 Å². The van der Waals surface area contributed by atoms with Crippen molar-refractivity contribution >= 4 is 5.91 Å². The van der Waals surface area contributed by atoms with E-state index < -0.39 is 0 Å². The Labute approximate surface area is 146 Å². The van der Waals surface area contributed by atoms with Crippen molar-refractivity contribution in [2.45, 2.75) is 45.6 Å². The number of aryl methyl sites for hydroxylation is 2. The number of carbonyl (C=O) groups is 1. The maximum atomic E-state index is 12.5. The lowest BCUT2D eigenvalue weighted by Gasteiger charge is -2.32. The van der Waals surface area contributed by atoms with Crippen molar-refractivity contribution in [2.75, 3.05) is 19.7 Å². The van der Waals surface area contributed by atoms with Gasteiger partial charge >= 0.3 is 0 Å². The quantitative estimate of drug-likeness (QED) is 0.816. The first kappa shape index (κ1) is 17.5. The molecule has 25 heavy (non-hydrogen) atoms. The summed E-state index contributed by atoms with van der Waals surface area (Å²) in [6.07, 6.45) is 2.29. The molecular formula is C17H23N5O3. The zero-order valence-electron chi connectivity index (χ0n) is 14.8. The average Bonchev–Trinajstić information content (AvgIpc) is 3.09. The van der Waals surface area contributed by atoms with Crippen LogP contribution in [0.1, 0.15) is 55.5 Å². The Bertz CT molecular complexity index is 731. The van der Waals surface area contributed by atoms with Gasteiger partial charge in [0.1, 0.15) is 11.9 Å². The molecule has 1 saturated heterocycles. The van der Waals surface area contributed by atoms with Gasteiger partial charge in [0.2, 0.25) is 11.8 Å². The van der Waals surface area contributed by atoms with E-state index in [2.05, 4.69) is 20.1 Å². The molecule has 1 aliphatic rings. The molecule has 3 rings (SSSR count). The summed E-state index contributed by atoms with van der Waals surface area (Å²) in [6, 6.07) is 1.83. The van der Waals surface area contributed by atoms with Gasteiger partial charge in [-0.2, -0.15) is 4.98 Å². The highest BCUT2D eigenvalue weighted by molar-refractivity contribution is 5.76. The third-order valence-electron chi connectivity index (χ3n) is 4.10. The van der Waals surface area contributed by atoms with Crippen molar-refractivity contribution in [3.8, 4) is 0 Å². The van der Waals surface area contributed by atoms with E-state index in [1.165, 1.54) is 0 Å². The Morgan fingerprint density at radius 3 is 2.96 bits per heavy atom. The summed E-state index contributed by atoms with van der Waals surface area (Å²) in [5.41, 5.74) is 0.809. The fourth-order valence-electron chi connectivity index (χ4n) is 2.68. The van der Waals surface area contributed by atoms with Crippen LogP contribution in [0.25, 0.3) is 0 Å². The first-order valence-electron chi connectivity index (χ1n) is 8.54. The standard InChI is InChI=1S/C17H23N5O3/c1-11(2)17-20-15(25-21-17)4-5-16(23)22-8-9-24-14(10-22)13-6-7-18-12(3)19-13/h6-7,11,14H,4-5,8-10H2,1-3H3/t14-/m0/s1. The van der Waals surface area contributed by atoms with Gasteiger partial charge in [-0.3, -0.25) is 4.79 Å². The smallest absolute Gasteiger partial charge is 0.227 e. The SMILES string of the molecule is Cc1nccc([C@@H]2CN(C(=O)CCc3nc(C(C)C)no3)CCO2)n1. The summed E-state index contributed by atoms with van der Waals surface area (Å²) >= 11 is 0. The van der Waals surface area contributed by atoms with Gasteiger partial charge in [-0.05, 0) is 13.0 Å². The minimum atomic E-state index is -0.213. The number of hydrogen-bond acceptors (Lipinski definition) is 7. The minimum absolute atomic E-state index is 0.0587. The topological polar surface area (TPSA) is 94.2 Å². The molecule has 0 bridgehead atoms. The summed E-state index contributed by atoms with van der Waals surface area (Å²) < 4.78 is 11.0. The van der Waals surface area contributed by atoms with Crippen LogP contribution in [0.3, 0.4) is 0 Å². The van der Waals surface area contributed by atoms with Crippen molar-refractivity contribution in [2.24, 2.45) is 0 Å². The van der Waals surface area contributed by atoms with Gasteiger partial charge in [-0.1, -0.05) is 19.0 Å². The fourth-order valence-corrected chi connectivity index (χ4v) is 2.68. The number of carbonyl (C=O) groups excluding carboxylic acids is 1. The van der Waals surface area contributed by atoms with Crippen molar-refractivity contribution in [1.82, 2.24) is 25.0 Å². The van der Waals surface area contributed by atoms with Crippen LogP contribution >= 0.6 is 0 Å². The number of nitrogens with zero attached hydrogens (tertiary/aromatic N) is 5. The third kappa shape index (κ3) is 4.39. The van der Waals surface area contributed by atoms with Crippen LogP contribution in [0.5, 0.6) is 0 Å². The van der Waals surface area contributed by atoms with E-state index >= 15 is 0 Å². The van der Waals surface area contributed by atoms with Crippen LogP contribution in [0.2, 0.25) is 0 Å². The van der Waals surface area contributed by atoms with E-state index in [0.29, 0.717) is 50.1 Å². The third-order valence-corrected chi connectivity index (χ3v) is 4.10. The Balaban J connectivity index is 1.56. The number of aromatic nitrogens is 4. The van der Waals surface area contributed by atoms with Crippen LogP contribution in [0, 0.1) is 6.92 Å². The first-order chi connectivity index (χ1) is 12.0. The van der Waals surface area contributed by atoms with Crippen LogP contribution in [0.15, 0.2) is 16.8 Å². The molecule has 0 aromatic carbocycles. The molecule has 1 aliphatic heterocycles. The first-order valence-corrected chi connectivity index (χ1v) is 8.54. The van der Waals surface area contributed by atoms with Crippen molar-refractivity contribution in [1.29, 1.82) is 0 Å². The van der Waals surface area contributed by atoms with Gasteiger partial charge in [0, 0.05) is 31.5 Å². The molecule has 2 aromatic heterocycles. The lowest BCUT2D eigenvalue weighted by atomic mass is 10.1. The second kappa shape index (κ2) is 7.69. The molecule has 134 valence electrons. The minimum Gasteiger partial charge on any atom is -0.368 e. The number of amides is 1. The highest BCUT2D eigenvalue weighted by Gasteiger charge is 2.26. The number of rotatable bonds is 5. The van der Waals surface area contributed by atoms with Crippen LogP contribution in [-0.4, -0.2) is 50.6 Å². The summed E-state index contributed by atoms with van der Waals surface area (Å²) in [4.78, 5) is 27.1. The number of hydrogen-bond donors (Lipinski definition) is 0. The molecule has 1 fully saturated rings. The second-order valence-electron chi connectivity index (χ2n) is 6.43. The molecule has 8 heteroatoms. The molecule has 0 aliphatic carbocycles. The summed E-state index contributed by atoms with van der Waals surface area (Å²) in [5, 5.41) is 3.92. The number of morpholine rings is 1. The van der Waals surface area contributed by atoms with E-state index in [0.717, 1.165) is 5.69 Å². The maximum absolute atomic E-state index is 12.5. The normalized spacial score (nSPS) is 17.9. The molecule has 0 N–H and O–H groups in total. The Hall–Kier alpha value is -2.35. The average molecular weight is 345 g/mol. The summed E-state index contributed by atoms with van der Waals surface area (Å²) in [6.45, 7) is 7.42. The van der Waals surface area contributed by atoms with E-state index in [1.807, 2.05) is 31.7 Å². The van der Waals surface area contributed by atoms with Gasteiger partial charge < -0.3 is 14.2 Å². The van der Waals surface area contributed by atoms with Crippen LogP contribution < -0.4 is 0 Å². The molecule has 0 spiro atoms. The predicted molar refractivity (Wildman–Crippen MR) is 88.8 cm³/mol. The zero-order chi connectivity index (χ0) is 17.8. The Kier molecular flexibility index (Phi) is 5.37. The lowest BCUT2D eigenvalue weighted by Crippen LogP contribution is -2.42. The van der Waals surface area contributed by atoms with E-state index in [-0.39, 0.29) is 17.9 Å².